The number of halogens is 1. The third-order valence-corrected chi connectivity index (χ3v) is 2.32. The van der Waals surface area contributed by atoms with E-state index in [9.17, 15) is 0 Å². The van der Waals surface area contributed by atoms with Crippen molar-refractivity contribution in [3.8, 4) is 5.75 Å². The first kappa shape index (κ1) is 12.3. The van der Waals surface area contributed by atoms with Crippen molar-refractivity contribution in [2.24, 2.45) is 0 Å². The summed E-state index contributed by atoms with van der Waals surface area (Å²) in [6, 6.07) is 8.17. The summed E-state index contributed by atoms with van der Waals surface area (Å²) < 4.78 is 5.37. The van der Waals surface area contributed by atoms with E-state index in [1.807, 2.05) is 19.1 Å². The molecule has 0 aliphatic rings. The van der Waals surface area contributed by atoms with Crippen molar-refractivity contribution in [2.45, 2.75) is 19.9 Å². The van der Waals surface area contributed by atoms with Gasteiger partial charge in [-0.05, 0) is 37.6 Å². The lowest BCUT2D eigenvalue weighted by Crippen LogP contribution is -2.14. The lowest BCUT2D eigenvalue weighted by molar-refractivity contribution is 0.340. The minimum Gasteiger partial charge on any atom is -0.494 e. The molecule has 1 rings (SSSR count). The van der Waals surface area contributed by atoms with Crippen molar-refractivity contribution >= 4 is 11.6 Å². The highest BCUT2D eigenvalue weighted by Gasteiger charge is 1.94. The standard InChI is InChI=1S/C12H18ClNO/c1-2-15-12-6-4-11(5-7-12)10-14-9-3-8-13/h4-7,14H,2-3,8-10H2,1H3. The van der Waals surface area contributed by atoms with Gasteiger partial charge < -0.3 is 10.1 Å². The Morgan fingerprint density at radius 1 is 1.27 bits per heavy atom. The first-order chi connectivity index (χ1) is 7.36. The van der Waals surface area contributed by atoms with Crippen LogP contribution in [0, 0.1) is 0 Å². The molecule has 1 aromatic rings. The van der Waals surface area contributed by atoms with Gasteiger partial charge in [0, 0.05) is 12.4 Å². The molecule has 0 bridgehead atoms. The average molecular weight is 228 g/mol. The van der Waals surface area contributed by atoms with E-state index in [4.69, 9.17) is 16.3 Å². The fraction of sp³-hybridized carbons (Fsp3) is 0.500. The average Bonchev–Trinajstić information content (AvgIpc) is 2.27. The predicted molar refractivity (Wildman–Crippen MR) is 64.7 cm³/mol. The summed E-state index contributed by atoms with van der Waals surface area (Å²) in [6.07, 6.45) is 1.01. The van der Waals surface area contributed by atoms with Gasteiger partial charge in [0.1, 0.15) is 5.75 Å². The number of ether oxygens (including phenoxy) is 1. The van der Waals surface area contributed by atoms with Gasteiger partial charge in [0.15, 0.2) is 0 Å². The second-order valence-corrected chi connectivity index (χ2v) is 3.67. The zero-order chi connectivity index (χ0) is 10.9. The van der Waals surface area contributed by atoms with Crippen LogP contribution in [0.25, 0.3) is 0 Å². The van der Waals surface area contributed by atoms with Gasteiger partial charge in [0.25, 0.3) is 0 Å². The third-order valence-electron chi connectivity index (χ3n) is 2.05. The molecular formula is C12H18ClNO. The summed E-state index contributed by atoms with van der Waals surface area (Å²) >= 11 is 5.58. The molecule has 15 heavy (non-hydrogen) atoms. The molecule has 0 saturated heterocycles. The van der Waals surface area contributed by atoms with E-state index in [2.05, 4.69) is 17.4 Å². The summed E-state index contributed by atoms with van der Waals surface area (Å²) in [4.78, 5) is 0. The van der Waals surface area contributed by atoms with Crippen LogP contribution in [0.15, 0.2) is 24.3 Å². The minimum atomic E-state index is 0.716. The third kappa shape index (κ3) is 5.05. The van der Waals surface area contributed by atoms with Crippen molar-refractivity contribution in [1.82, 2.24) is 5.32 Å². The van der Waals surface area contributed by atoms with E-state index < -0.39 is 0 Å². The van der Waals surface area contributed by atoms with Crippen LogP contribution in [0.1, 0.15) is 18.9 Å². The molecule has 84 valence electrons. The van der Waals surface area contributed by atoms with Crippen LogP contribution >= 0.6 is 11.6 Å². The van der Waals surface area contributed by atoms with Crippen LogP contribution in [0.2, 0.25) is 0 Å². The van der Waals surface area contributed by atoms with Gasteiger partial charge in [-0.1, -0.05) is 12.1 Å². The van der Waals surface area contributed by atoms with Crippen LogP contribution in [0.5, 0.6) is 5.75 Å². The van der Waals surface area contributed by atoms with Crippen molar-refractivity contribution < 1.29 is 4.74 Å². The molecule has 0 amide bonds. The lowest BCUT2D eigenvalue weighted by Gasteiger charge is -2.06. The van der Waals surface area contributed by atoms with Gasteiger partial charge in [-0.3, -0.25) is 0 Å². The highest BCUT2D eigenvalue weighted by molar-refractivity contribution is 6.17. The molecule has 0 radical (unpaired) electrons. The van der Waals surface area contributed by atoms with E-state index in [1.165, 1.54) is 5.56 Å². The van der Waals surface area contributed by atoms with Gasteiger partial charge in [0.2, 0.25) is 0 Å². The molecule has 0 unspecified atom stereocenters. The molecule has 0 heterocycles. The second kappa shape index (κ2) is 7.55. The Bertz CT molecular complexity index is 261. The van der Waals surface area contributed by atoms with Crippen LogP contribution in [0.3, 0.4) is 0 Å². The maximum absolute atomic E-state index is 5.58. The van der Waals surface area contributed by atoms with Crippen LogP contribution < -0.4 is 10.1 Å². The van der Waals surface area contributed by atoms with Crippen LogP contribution in [-0.4, -0.2) is 19.0 Å². The fourth-order valence-electron chi connectivity index (χ4n) is 1.29. The highest BCUT2D eigenvalue weighted by Crippen LogP contribution is 2.11. The Balaban J connectivity index is 2.29. The van der Waals surface area contributed by atoms with E-state index >= 15 is 0 Å². The Morgan fingerprint density at radius 2 is 2.00 bits per heavy atom. The zero-order valence-electron chi connectivity index (χ0n) is 9.13. The van der Waals surface area contributed by atoms with Gasteiger partial charge in [-0.15, -0.1) is 11.6 Å². The minimum absolute atomic E-state index is 0.716. The number of rotatable bonds is 7. The molecule has 1 N–H and O–H groups in total. The van der Waals surface area contributed by atoms with Gasteiger partial charge in [-0.2, -0.15) is 0 Å². The number of hydrogen-bond donors (Lipinski definition) is 1. The monoisotopic (exact) mass is 227 g/mol. The first-order valence-corrected chi connectivity index (χ1v) is 5.88. The van der Waals surface area contributed by atoms with Crippen LogP contribution in [0.4, 0.5) is 0 Å². The molecule has 0 fully saturated rings. The molecule has 1 aromatic carbocycles. The summed E-state index contributed by atoms with van der Waals surface area (Å²) in [6.45, 7) is 4.56. The van der Waals surface area contributed by atoms with Gasteiger partial charge >= 0.3 is 0 Å². The maximum atomic E-state index is 5.58. The first-order valence-electron chi connectivity index (χ1n) is 5.35. The molecule has 0 spiro atoms. The maximum Gasteiger partial charge on any atom is 0.119 e. The molecule has 0 aliphatic heterocycles. The quantitative estimate of drug-likeness (QED) is 0.571. The molecule has 0 aromatic heterocycles. The topological polar surface area (TPSA) is 21.3 Å². The Morgan fingerprint density at radius 3 is 2.60 bits per heavy atom. The zero-order valence-corrected chi connectivity index (χ0v) is 9.89. The van der Waals surface area contributed by atoms with Gasteiger partial charge in [-0.25, -0.2) is 0 Å². The SMILES string of the molecule is CCOc1ccc(CNCCCCl)cc1. The number of benzene rings is 1. The van der Waals surface area contributed by atoms with Gasteiger partial charge in [0.05, 0.1) is 6.61 Å². The normalized spacial score (nSPS) is 10.3. The smallest absolute Gasteiger partial charge is 0.119 e. The molecule has 2 nitrogen and oxygen atoms in total. The molecule has 0 atom stereocenters. The summed E-state index contributed by atoms with van der Waals surface area (Å²) in [5, 5.41) is 3.33. The number of nitrogens with one attached hydrogen (secondary N) is 1. The lowest BCUT2D eigenvalue weighted by atomic mass is 10.2. The molecule has 0 saturated carbocycles. The number of alkyl halides is 1. The van der Waals surface area contributed by atoms with E-state index in [0.717, 1.165) is 31.1 Å². The van der Waals surface area contributed by atoms with E-state index in [1.54, 1.807) is 0 Å². The Kier molecular flexibility index (Phi) is 6.21. The highest BCUT2D eigenvalue weighted by atomic mass is 35.5. The summed E-state index contributed by atoms with van der Waals surface area (Å²) in [7, 11) is 0. The van der Waals surface area contributed by atoms with E-state index in [-0.39, 0.29) is 0 Å². The van der Waals surface area contributed by atoms with Crippen molar-refractivity contribution in [3.05, 3.63) is 29.8 Å². The molecular weight excluding hydrogens is 210 g/mol. The largest absolute Gasteiger partial charge is 0.494 e. The Labute approximate surface area is 96.6 Å². The molecule has 3 heteroatoms. The predicted octanol–water partition coefficient (Wildman–Crippen LogP) is 2.80. The van der Waals surface area contributed by atoms with Crippen molar-refractivity contribution in [1.29, 1.82) is 0 Å². The Hall–Kier alpha value is -0.730. The van der Waals surface area contributed by atoms with Crippen molar-refractivity contribution in [2.75, 3.05) is 19.0 Å². The fourth-order valence-corrected chi connectivity index (χ4v) is 1.43. The second-order valence-electron chi connectivity index (χ2n) is 3.30. The summed E-state index contributed by atoms with van der Waals surface area (Å²) in [5.74, 6) is 1.65. The van der Waals surface area contributed by atoms with E-state index in [0.29, 0.717) is 6.61 Å². The number of hydrogen-bond acceptors (Lipinski definition) is 2. The van der Waals surface area contributed by atoms with Crippen LogP contribution in [-0.2, 0) is 6.54 Å². The molecule has 0 aliphatic carbocycles. The summed E-state index contributed by atoms with van der Waals surface area (Å²) in [5.41, 5.74) is 1.27. The van der Waals surface area contributed by atoms with Crippen molar-refractivity contribution in [3.63, 3.8) is 0 Å².